The highest BCUT2D eigenvalue weighted by molar-refractivity contribution is 7.14. The summed E-state index contributed by atoms with van der Waals surface area (Å²) in [5, 5.41) is 7.99. The van der Waals surface area contributed by atoms with Gasteiger partial charge in [-0.15, -0.1) is 11.3 Å². The minimum Gasteiger partial charge on any atom is -0.352 e. The smallest absolute Gasteiger partial charge is 0.226 e. The van der Waals surface area contributed by atoms with Crippen LogP contribution >= 0.6 is 11.3 Å². The van der Waals surface area contributed by atoms with Gasteiger partial charge in [0, 0.05) is 30.8 Å². The molecule has 3 rings (SSSR count). The molecular weight excluding hydrogens is 377 g/mol. The zero-order valence-corrected chi connectivity index (χ0v) is 16.2. The third-order valence-corrected chi connectivity index (χ3v) is 4.85. The first-order chi connectivity index (χ1) is 13.5. The van der Waals surface area contributed by atoms with Gasteiger partial charge in [-0.2, -0.15) is 0 Å². The van der Waals surface area contributed by atoms with E-state index in [-0.39, 0.29) is 17.6 Å². The fraction of sp³-hybridized carbons (Fsp3) is 0.190. The first-order valence-corrected chi connectivity index (χ1v) is 9.71. The molecule has 0 radical (unpaired) electrons. The Balaban J connectivity index is 1.53. The average molecular weight is 397 g/mol. The highest BCUT2D eigenvalue weighted by atomic mass is 32.1. The summed E-state index contributed by atoms with van der Waals surface area (Å²) in [5.74, 6) is -0.481. The van der Waals surface area contributed by atoms with Crippen molar-refractivity contribution in [1.82, 2.24) is 10.3 Å². The quantitative estimate of drug-likeness (QED) is 0.629. The molecule has 0 saturated heterocycles. The third kappa shape index (κ3) is 5.72. The summed E-state index contributed by atoms with van der Waals surface area (Å²) in [4.78, 5) is 27.5. The number of rotatable bonds is 7. The van der Waals surface area contributed by atoms with Gasteiger partial charge in [-0.05, 0) is 29.7 Å². The third-order valence-electron chi connectivity index (χ3n) is 4.10. The monoisotopic (exact) mass is 397 g/mol. The van der Waals surface area contributed by atoms with Crippen molar-refractivity contribution in [3.05, 3.63) is 70.9 Å². The highest BCUT2D eigenvalue weighted by Gasteiger charge is 2.09. The van der Waals surface area contributed by atoms with Crippen molar-refractivity contribution >= 4 is 28.3 Å². The molecule has 0 unspecified atom stereocenters. The number of anilines is 1. The maximum atomic E-state index is 12.9. The molecule has 7 heteroatoms. The van der Waals surface area contributed by atoms with E-state index < -0.39 is 0 Å². The molecule has 28 heavy (non-hydrogen) atoms. The number of halogens is 1. The van der Waals surface area contributed by atoms with Crippen LogP contribution < -0.4 is 10.6 Å². The Labute approximate surface area is 166 Å². The van der Waals surface area contributed by atoms with Gasteiger partial charge >= 0.3 is 0 Å². The Morgan fingerprint density at radius 2 is 1.71 bits per heavy atom. The first-order valence-electron chi connectivity index (χ1n) is 8.83. The minimum absolute atomic E-state index is 0.0663. The number of nitrogens with zero attached hydrogens (tertiary/aromatic N) is 1. The van der Waals surface area contributed by atoms with Crippen LogP contribution in [0.15, 0.2) is 53.9 Å². The number of carbonyl (C=O) groups is 2. The summed E-state index contributed by atoms with van der Waals surface area (Å²) in [6.07, 6.45) is 0.846. The van der Waals surface area contributed by atoms with E-state index in [9.17, 15) is 14.0 Å². The summed E-state index contributed by atoms with van der Waals surface area (Å²) < 4.78 is 12.9. The van der Waals surface area contributed by atoms with E-state index >= 15 is 0 Å². The van der Waals surface area contributed by atoms with E-state index in [1.165, 1.54) is 30.4 Å². The van der Waals surface area contributed by atoms with Crippen molar-refractivity contribution < 1.29 is 14.0 Å². The molecule has 2 amide bonds. The molecule has 0 bridgehead atoms. The molecule has 1 heterocycles. The Morgan fingerprint density at radius 3 is 2.39 bits per heavy atom. The van der Waals surface area contributed by atoms with Gasteiger partial charge in [0.15, 0.2) is 5.13 Å². The number of benzene rings is 2. The summed E-state index contributed by atoms with van der Waals surface area (Å²) in [7, 11) is 0. The zero-order chi connectivity index (χ0) is 19.9. The molecule has 0 aliphatic carbocycles. The van der Waals surface area contributed by atoms with Gasteiger partial charge in [0.1, 0.15) is 5.82 Å². The van der Waals surface area contributed by atoms with Crippen molar-refractivity contribution in [2.45, 2.75) is 26.3 Å². The van der Waals surface area contributed by atoms with Crippen LogP contribution in [0.3, 0.4) is 0 Å². The summed E-state index contributed by atoms with van der Waals surface area (Å²) in [6, 6.07) is 13.9. The lowest BCUT2D eigenvalue weighted by Crippen LogP contribution is -2.18. The van der Waals surface area contributed by atoms with Crippen LogP contribution in [0.5, 0.6) is 0 Å². The second kappa shape index (κ2) is 9.23. The normalized spacial score (nSPS) is 10.5. The SMILES string of the molecule is CC(=O)NCc1ccc(-c2csc(NC(=O)CCc3ccc(F)cc3)n2)cc1. The molecule has 144 valence electrons. The van der Waals surface area contributed by atoms with Crippen LogP contribution in [0.4, 0.5) is 9.52 Å². The topological polar surface area (TPSA) is 71.1 Å². The molecule has 0 saturated carbocycles. The molecule has 0 atom stereocenters. The molecule has 3 aromatic rings. The second-order valence-corrected chi connectivity index (χ2v) is 7.18. The number of hydrogen-bond donors (Lipinski definition) is 2. The fourth-order valence-corrected chi connectivity index (χ4v) is 3.31. The van der Waals surface area contributed by atoms with Gasteiger partial charge in [-0.3, -0.25) is 9.59 Å². The van der Waals surface area contributed by atoms with Crippen LogP contribution in [0.1, 0.15) is 24.5 Å². The lowest BCUT2D eigenvalue weighted by atomic mass is 10.1. The van der Waals surface area contributed by atoms with Crippen LogP contribution in [0, 0.1) is 5.82 Å². The number of amides is 2. The summed E-state index contributed by atoms with van der Waals surface area (Å²) in [5.41, 5.74) is 3.64. The lowest BCUT2D eigenvalue weighted by molar-refractivity contribution is -0.119. The minimum atomic E-state index is -0.285. The van der Waals surface area contributed by atoms with Crippen LogP contribution in [-0.2, 0) is 22.6 Å². The molecule has 1 aromatic heterocycles. The standard InChI is InChI=1S/C21H20FN3O2S/c1-14(26)23-12-16-2-7-17(8-3-16)19-13-28-21(24-19)25-20(27)11-6-15-4-9-18(22)10-5-15/h2-5,7-10,13H,6,11-12H2,1H3,(H,23,26)(H,24,25,27). The van der Waals surface area contributed by atoms with Gasteiger partial charge in [0.05, 0.1) is 5.69 Å². The van der Waals surface area contributed by atoms with Gasteiger partial charge < -0.3 is 10.6 Å². The van der Waals surface area contributed by atoms with E-state index in [4.69, 9.17) is 0 Å². The van der Waals surface area contributed by atoms with Gasteiger partial charge in [-0.1, -0.05) is 36.4 Å². The van der Waals surface area contributed by atoms with Gasteiger partial charge in [-0.25, -0.2) is 9.37 Å². The van der Waals surface area contributed by atoms with E-state index in [2.05, 4.69) is 15.6 Å². The van der Waals surface area contributed by atoms with E-state index in [0.29, 0.717) is 24.5 Å². The van der Waals surface area contributed by atoms with Gasteiger partial charge in [0.2, 0.25) is 11.8 Å². The second-order valence-electron chi connectivity index (χ2n) is 6.32. The largest absolute Gasteiger partial charge is 0.352 e. The number of nitrogens with one attached hydrogen (secondary N) is 2. The van der Waals surface area contributed by atoms with E-state index in [0.717, 1.165) is 22.4 Å². The highest BCUT2D eigenvalue weighted by Crippen LogP contribution is 2.25. The summed E-state index contributed by atoms with van der Waals surface area (Å²) >= 11 is 1.37. The molecule has 0 fully saturated rings. The van der Waals surface area contributed by atoms with Crippen molar-refractivity contribution in [2.75, 3.05) is 5.32 Å². The Bertz CT molecular complexity index is 953. The lowest BCUT2D eigenvalue weighted by Gasteiger charge is -2.04. The molecule has 0 aliphatic heterocycles. The predicted molar refractivity (Wildman–Crippen MR) is 108 cm³/mol. The van der Waals surface area contributed by atoms with Crippen molar-refractivity contribution in [3.63, 3.8) is 0 Å². The molecule has 5 nitrogen and oxygen atoms in total. The Kier molecular flexibility index (Phi) is 6.49. The average Bonchev–Trinajstić information content (AvgIpc) is 3.14. The number of aryl methyl sites for hydroxylation is 1. The van der Waals surface area contributed by atoms with Crippen molar-refractivity contribution in [3.8, 4) is 11.3 Å². The fourth-order valence-electron chi connectivity index (χ4n) is 2.57. The van der Waals surface area contributed by atoms with Crippen LogP contribution in [-0.4, -0.2) is 16.8 Å². The van der Waals surface area contributed by atoms with Gasteiger partial charge in [0.25, 0.3) is 0 Å². The number of carbonyl (C=O) groups excluding carboxylic acids is 2. The Hall–Kier alpha value is -3.06. The maximum absolute atomic E-state index is 12.9. The number of thiazole rings is 1. The molecule has 0 aliphatic rings. The molecule has 2 N–H and O–H groups in total. The molecule has 0 spiro atoms. The number of aromatic nitrogens is 1. The number of hydrogen-bond acceptors (Lipinski definition) is 4. The van der Waals surface area contributed by atoms with Crippen LogP contribution in [0.25, 0.3) is 11.3 Å². The zero-order valence-electron chi connectivity index (χ0n) is 15.4. The van der Waals surface area contributed by atoms with Crippen molar-refractivity contribution in [2.24, 2.45) is 0 Å². The van der Waals surface area contributed by atoms with Crippen molar-refractivity contribution in [1.29, 1.82) is 0 Å². The van der Waals surface area contributed by atoms with E-state index in [1.807, 2.05) is 29.6 Å². The Morgan fingerprint density at radius 1 is 1.04 bits per heavy atom. The first kappa shape index (κ1) is 19.7. The predicted octanol–water partition coefficient (Wildman–Crippen LogP) is 4.16. The van der Waals surface area contributed by atoms with E-state index in [1.54, 1.807) is 12.1 Å². The van der Waals surface area contributed by atoms with Crippen LogP contribution in [0.2, 0.25) is 0 Å². The molecule has 2 aromatic carbocycles. The summed E-state index contributed by atoms with van der Waals surface area (Å²) in [6.45, 7) is 1.97. The molecular formula is C21H20FN3O2S. The maximum Gasteiger partial charge on any atom is 0.226 e.